The van der Waals surface area contributed by atoms with E-state index in [1.54, 1.807) is 16.4 Å². The second-order valence-corrected chi connectivity index (χ2v) is 8.18. The molecular weight excluding hydrogens is 428 g/mol. The molecule has 1 atom stereocenters. The number of allylic oxidation sites excluding steroid dienone is 1. The number of thioether (sulfide) groups is 1. The smallest absolute Gasteiger partial charge is 0.338 e. The molecule has 0 saturated carbocycles. The number of aromatic nitrogens is 3. The van der Waals surface area contributed by atoms with Crippen molar-refractivity contribution in [2.75, 3.05) is 17.7 Å². The molecule has 1 aliphatic rings. The van der Waals surface area contributed by atoms with Gasteiger partial charge < -0.3 is 10.1 Å². The van der Waals surface area contributed by atoms with Crippen LogP contribution in [0.4, 0.5) is 5.95 Å². The van der Waals surface area contributed by atoms with Crippen molar-refractivity contribution in [3.05, 3.63) is 45.6 Å². The van der Waals surface area contributed by atoms with E-state index in [2.05, 4.69) is 38.3 Å². The van der Waals surface area contributed by atoms with Gasteiger partial charge in [0.25, 0.3) is 0 Å². The molecule has 2 aromatic rings. The number of benzene rings is 1. The first-order valence-electron chi connectivity index (χ1n) is 9.04. The minimum atomic E-state index is -0.374. The molecule has 0 unspecified atom stereocenters. The molecule has 0 aliphatic carbocycles. The van der Waals surface area contributed by atoms with Crippen molar-refractivity contribution in [2.24, 2.45) is 0 Å². The Morgan fingerprint density at radius 3 is 2.74 bits per heavy atom. The first kappa shape index (κ1) is 19.9. The highest BCUT2D eigenvalue weighted by Gasteiger charge is 2.35. The van der Waals surface area contributed by atoms with Crippen molar-refractivity contribution in [3.63, 3.8) is 0 Å². The second-order valence-electron chi connectivity index (χ2n) is 6.20. The second kappa shape index (κ2) is 8.93. The zero-order chi connectivity index (χ0) is 19.4. The van der Waals surface area contributed by atoms with Crippen molar-refractivity contribution in [1.29, 1.82) is 0 Å². The molecule has 1 N–H and O–H groups in total. The lowest BCUT2D eigenvalue weighted by atomic mass is 9.96. The standard InChI is InChI=1S/C19H23BrN4O2S/c1-4-6-11-27-19-22-18-21-12(3)15(17(25)26-5-2)16(24(18)23-19)13-7-9-14(20)10-8-13/h7-10,16H,4-6,11H2,1-3H3,(H,21,22,23)/t16-/m1/s1. The molecule has 0 fully saturated rings. The van der Waals surface area contributed by atoms with E-state index in [1.165, 1.54) is 0 Å². The van der Waals surface area contributed by atoms with Crippen LogP contribution in [-0.2, 0) is 9.53 Å². The summed E-state index contributed by atoms with van der Waals surface area (Å²) in [4.78, 5) is 17.3. The number of fused-ring (bicyclic) bond motifs is 1. The molecular formula is C19H23BrN4O2S. The Balaban J connectivity index is 2.03. The van der Waals surface area contributed by atoms with Gasteiger partial charge in [0.2, 0.25) is 11.1 Å². The van der Waals surface area contributed by atoms with Crippen LogP contribution in [0.5, 0.6) is 0 Å². The zero-order valence-corrected chi connectivity index (χ0v) is 18.1. The summed E-state index contributed by atoms with van der Waals surface area (Å²) in [6, 6.07) is 7.52. The van der Waals surface area contributed by atoms with Gasteiger partial charge in [0.1, 0.15) is 6.04 Å². The number of hydrogen-bond donors (Lipinski definition) is 1. The molecule has 0 spiro atoms. The fourth-order valence-corrected chi connectivity index (χ4v) is 4.10. The van der Waals surface area contributed by atoms with E-state index in [0.29, 0.717) is 23.3 Å². The van der Waals surface area contributed by atoms with E-state index < -0.39 is 0 Å². The summed E-state index contributed by atoms with van der Waals surface area (Å²) >= 11 is 5.10. The number of rotatable bonds is 7. The van der Waals surface area contributed by atoms with Crippen molar-refractivity contribution < 1.29 is 9.53 Å². The lowest BCUT2D eigenvalue weighted by Gasteiger charge is -2.28. The number of anilines is 1. The lowest BCUT2D eigenvalue weighted by Crippen LogP contribution is -2.29. The Kier molecular flexibility index (Phi) is 6.59. The van der Waals surface area contributed by atoms with Crippen LogP contribution < -0.4 is 5.32 Å². The number of carbonyl (C=O) groups excluding carboxylic acids is 1. The summed E-state index contributed by atoms with van der Waals surface area (Å²) < 4.78 is 8.08. The highest BCUT2D eigenvalue weighted by Crippen LogP contribution is 2.37. The third kappa shape index (κ3) is 4.38. The number of nitrogens with zero attached hydrogens (tertiary/aromatic N) is 3. The van der Waals surface area contributed by atoms with Gasteiger partial charge in [0.15, 0.2) is 0 Å². The number of hydrogen-bond acceptors (Lipinski definition) is 6. The Hall–Kier alpha value is -1.80. The van der Waals surface area contributed by atoms with Gasteiger partial charge >= 0.3 is 5.97 Å². The SMILES string of the molecule is CCCCSc1nc2n(n1)[C@H](c1ccc(Br)cc1)C(C(=O)OCC)=C(C)N2. The molecule has 0 amide bonds. The van der Waals surface area contributed by atoms with Gasteiger partial charge in [-0.3, -0.25) is 0 Å². The van der Waals surface area contributed by atoms with E-state index >= 15 is 0 Å². The first-order valence-corrected chi connectivity index (χ1v) is 10.8. The van der Waals surface area contributed by atoms with Crippen molar-refractivity contribution >= 4 is 39.6 Å². The fourth-order valence-electron chi connectivity index (χ4n) is 2.93. The molecule has 1 aromatic carbocycles. The number of ether oxygens (including phenoxy) is 1. The van der Waals surface area contributed by atoms with Gasteiger partial charge in [0, 0.05) is 15.9 Å². The van der Waals surface area contributed by atoms with Crippen molar-refractivity contribution in [1.82, 2.24) is 14.8 Å². The minimum Gasteiger partial charge on any atom is -0.463 e. The molecule has 0 saturated heterocycles. The van der Waals surface area contributed by atoms with Gasteiger partial charge in [-0.15, -0.1) is 5.10 Å². The molecule has 3 rings (SSSR count). The van der Waals surface area contributed by atoms with Gasteiger partial charge in [-0.1, -0.05) is 53.2 Å². The summed E-state index contributed by atoms with van der Waals surface area (Å²) in [6.45, 7) is 6.17. The van der Waals surface area contributed by atoms with Gasteiger partial charge in [-0.2, -0.15) is 4.98 Å². The topological polar surface area (TPSA) is 69.0 Å². The average Bonchev–Trinajstić information content (AvgIpc) is 3.04. The maximum Gasteiger partial charge on any atom is 0.338 e. The Bertz CT molecular complexity index is 848. The maximum absolute atomic E-state index is 12.7. The molecule has 1 aliphatic heterocycles. The Morgan fingerprint density at radius 1 is 1.33 bits per heavy atom. The predicted molar refractivity (Wildman–Crippen MR) is 111 cm³/mol. The molecule has 8 heteroatoms. The summed E-state index contributed by atoms with van der Waals surface area (Å²) in [5.74, 6) is 1.28. The van der Waals surface area contributed by atoms with Gasteiger partial charge in [-0.05, 0) is 38.0 Å². The average molecular weight is 451 g/mol. The lowest BCUT2D eigenvalue weighted by molar-refractivity contribution is -0.139. The van der Waals surface area contributed by atoms with E-state index in [9.17, 15) is 4.79 Å². The van der Waals surface area contributed by atoms with Crippen LogP contribution in [0.3, 0.4) is 0 Å². The monoisotopic (exact) mass is 450 g/mol. The van der Waals surface area contributed by atoms with E-state index in [-0.39, 0.29) is 12.0 Å². The highest BCUT2D eigenvalue weighted by molar-refractivity contribution is 9.10. The summed E-state index contributed by atoms with van der Waals surface area (Å²) in [5.41, 5.74) is 2.26. The van der Waals surface area contributed by atoms with E-state index in [4.69, 9.17) is 4.74 Å². The molecule has 1 aromatic heterocycles. The third-order valence-electron chi connectivity index (χ3n) is 4.24. The predicted octanol–water partition coefficient (Wildman–Crippen LogP) is 4.78. The van der Waals surface area contributed by atoms with Crippen LogP contribution >= 0.6 is 27.7 Å². The van der Waals surface area contributed by atoms with Crippen molar-refractivity contribution in [3.8, 4) is 0 Å². The Labute approximate surface area is 171 Å². The van der Waals surface area contributed by atoms with Crippen LogP contribution in [-0.4, -0.2) is 33.1 Å². The normalized spacial score (nSPS) is 16.1. The molecule has 6 nitrogen and oxygen atoms in total. The summed E-state index contributed by atoms with van der Waals surface area (Å²) in [5, 5.41) is 8.61. The molecule has 27 heavy (non-hydrogen) atoms. The van der Waals surface area contributed by atoms with Crippen molar-refractivity contribution in [2.45, 2.75) is 44.8 Å². The van der Waals surface area contributed by atoms with Gasteiger partial charge in [-0.25, -0.2) is 9.48 Å². The largest absolute Gasteiger partial charge is 0.463 e. The minimum absolute atomic E-state index is 0.324. The molecule has 2 heterocycles. The van der Waals surface area contributed by atoms with Crippen LogP contribution in [0, 0.1) is 0 Å². The number of esters is 1. The zero-order valence-electron chi connectivity index (χ0n) is 15.7. The third-order valence-corrected chi connectivity index (χ3v) is 5.70. The molecule has 144 valence electrons. The van der Waals surface area contributed by atoms with Crippen LogP contribution in [0.25, 0.3) is 0 Å². The number of nitrogens with one attached hydrogen (secondary N) is 1. The van der Waals surface area contributed by atoms with E-state index in [1.807, 2.05) is 38.1 Å². The maximum atomic E-state index is 12.7. The number of unbranched alkanes of at least 4 members (excludes halogenated alkanes) is 1. The fraction of sp³-hybridized carbons (Fsp3) is 0.421. The van der Waals surface area contributed by atoms with Gasteiger partial charge in [0.05, 0.1) is 12.2 Å². The molecule has 0 bridgehead atoms. The van der Waals surface area contributed by atoms with Crippen LogP contribution in [0.1, 0.15) is 45.2 Å². The number of carbonyl (C=O) groups is 1. The first-order chi connectivity index (χ1) is 13.0. The Morgan fingerprint density at radius 2 is 2.07 bits per heavy atom. The summed E-state index contributed by atoms with van der Waals surface area (Å²) in [6.07, 6.45) is 2.25. The van der Waals surface area contributed by atoms with Crippen LogP contribution in [0.2, 0.25) is 0 Å². The molecule has 0 radical (unpaired) electrons. The highest BCUT2D eigenvalue weighted by atomic mass is 79.9. The summed E-state index contributed by atoms with van der Waals surface area (Å²) in [7, 11) is 0. The van der Waals surface area contributed by atoms with Crippen LogP contribution in [0.15, 0.2) is 45.2 Å². The van der Waals surface area contributed by atoms with E-state index in [0.717, 1.165) is 34.3 Å². The number of halogens is 1. The quantitative estimate of drug-likeness (QED) is 0.371.